The van der Waals surface area contributed by atoms with Crippen molar-refractivity contribution in [2.24, 2.45) is 16.8 Å². The molecule has 1 aromatic heterocycles. The Balaban J connectivity index is 2.87. The van der Waals surface area contributed by atoms with Crippen molar-refractivity contribution in [1.29, 1.82) is 0 Å². The lowest BCUT2D eigenvalue weighted by atomic mass is 10.0. The molecule has 19 heavy (non-hydrogen) atoms. The molecule has 0 aliphatic rings. The number of oxime groups is 1. The highest BCUT2D eigenvalue weighted by Crippen LogP contribution is 2.16. The number of carbonyl (C=O) groups excluding carboxylic acids is 1. The Morgan fingerprint density at radius 2 is 2.21 bits per heavy atom. The summed E-state index contributed by atoms with van der Waals surface area (Å²) in [5.74, 6) is -0.987. The van der Waals surface area contributed by atoms with Gasteiger partial charge in [0.2, 0.25) is 5.91 Å². The molecular formula is C13H20N4O2. The van der Waals surface area contributed by atoms with E-state index >= 15 is 0 Å². The molecule has 1 unspecified atom stereocenters. The molecule has 0 aliphatic heterocycles. The maximum Gasteiger partial charge on any atom is 0.235 e. The third-order valence-corrected chi connectivity index (χ3v) is 2.85. The number of hydrogen-bond acceptors (Lipinski definition) is 4. The van der Waals surface area contributed by atoms with E-state index in [9.17, 15) is 4.79 Å². The number of amides is 1. The number of hydrogen-bond donors (Lipinski definition) is 3. The molecule has 1 atom stereocenters. The topological polar surface area (TPSA) is 101 Å². The largest absolute Gasteiger partial charge is 0.409 e. The summed E-state index contributed by atoms with van der Waals surface area (Å²) in [5.41, 5.74) is 7.81. The molecule has 1 amide bonds. The molecule has 0 aromatic carbocycles. The molecule has 0 saturated heterocycles. The van der Waals surface area contributed by atoms with Crippen LogP contribution >= 0.6 is 0 Å². The van der Waals surface area contributed by atoms with Gasteiger partial charge in [-0.15, -0.1) is 0 Å². The van der Waals surface area contributed by atoms with Crippen LogP contribution in [0.3, 0.4) is 0 Å². The van der Waals surface area contributed by atoms with E-state index in [4.69, 9.17) is 10.9 Å². The van der Waals surface area contributed by atoms with Gasteiger partial charge in [0.05, 0.1) is 17.3 Å². The predicted octanol–water partition coefficient (Wildman–Crippen LogP) is 1.80. The molecule has 0 bridgehead atoms. The van der Waals surface area contributed by atoms with Crippen LogP contribution in [-0.4, -0.2) is 21.9 Å². The number of carbonyl (C=O) groups is 1. The summed E-state index contributed by atoms with van der Waals surface area (Å²) in [5, 5.41) is 14.4. The quantitative estimate of drug-likeness (QED) is 0.326. The fourth-order valence-corrected chi connectivity index (χ4v) is 1.81. The van der Waals surface area contributed by atoms with Crippen molar-refractivity contribution in [3.8, 4) is 0 Å². The summed E-state index contributed by atoms with van der Waals surface area (Å²) in [6.07, 6.45) is 1.29. The maximum atomic E-state index is 12.1. The summed E-state index contributed by atoms with van der Waals surface area (Å²) in [6, 6.07) is 3.62. The molecule has 6 heteroatoms. The number of nitrogens with two attached hydrogens (primary N) is 1. The van der Waals surface area contributed by atoms with E-state index in [1.165, 1.54) is 0 Å². The lowest BCUT2D eigenvalue weighted by Crippen LogP contribution is -2.34. The van der Waals surface area contributed by atoms with Gasteiger partial charge in [-0.05, 0) is 32.4 Å². The van der Waals surface area contributed by atoms with Crippen LogP contribution in [0.1, 0.15) is 31.2 Å². The van der Waals surface area contributed by atoms with Crippen LogP contribution in [-0.2, 0) is 4.79 Å². The minimum atomic E-state index is -0.629. The van der Waals surface area contributed by atoms with Gasteiger partial charge in [0.25, 0.3) is 0 Å². The van der Waals surface area contributed by atoms with Crippen molar-refractivity contribution in [2.75, 3.05) is 5.32 Å². The summed E-state index contributed by atoms with van der Waals surface area (Å²) in [6.45, 7) is 5.64. The second kappa shape index (κ2) is 6.72. The molecule has 104 valence electrons. The van der Waals surface area contributed by atoms with E-state index in [0.717, 1.165) is 17.8 Å². The van der Waals surface area contributed by atoms with Crippen molar-refractivity contribution in [3.63, 3.8) is 0 Å². The first-order valence-corrected chi connectivity index (χ1v) is 6.22. The van der Waals surface area contributed by atoms with E-state index in [2.05, 4.69) is 15.5 Å². The molecule has 4 N–H and O–H groups in total. The number of aryl methyl sites for hydroxylation is 2. The van der Waals surface area contributed by atoms with Gasteiger partial charge < -0.3 is 16.3 Å². The standard InChI is InChI=1S/C13H20N4O2/c1-4-5-10(12(14)17-19)13(18)16-11-7-6-8(2)15-9(11)3/h6-7,10,19H,4-5H2,1-3H3,(H2,14,17)(H,16,18). The van der Waals surface area contributed by atoms with Crippen LogP contribution in [0.4, 0.5) is 5.69 Å². The van der Waals surface area contributed by atoms with Crippen molar-refractivity contribution in [1.82, 2.24) is 4.98 Å². The van der Waals surface area contributed by atoms with E-state index in [-0.39, 0.29) is 11.7 Å². The third kappa shape index (κ3) is 3.94. The zero-order valence-electron chi connectivity index (χ0n) is 11.5. The Hall–Kier alpha value is -2.11. The molecule has 0 radical (unpaired) electrons. The van der Waals surface area contributed by atoms with Gasteiger partial charge in [0.1, 0.15) is 0 Å². The van der Waals surface area contributed by atoms with Gasteiger partial charge in [0, 0.05) is 5.69 Å². The van der Waals surface area contributed by atoms with Gasteiger partial charge in [-0.25, -0.2) is 0 Å². The number of rotatable bonds is 5. The lowest BCUT2D eigenvalue weighted by molar-refractivity contribution is -0.118. The first kappa shape index (κ1) is 14.9. The normalized spacial score (nSPS) is 13.1. The van der Waals surface area contributed by atoms with Crippen molar-refractivity contribution in [2.45, 2.75) is 33.6 Å². The fraction of sp³-hybridized carbons (Fsp3) is 0.462. The first-order valence-electron chi connectivity index (χ1n) is 6.22. The van der Waals surface area contributed by atoms with Crippen LogP contribution in [0.2, 0.25) is 0 Å². The van der Waals surface area contributed by atoms with Crippen LogP contribution in [0, 0.1) is 19.8 Å². The number of pyridine rings is 1. The Kier molecular flexibility index (Phi) is 5.29. The molecule has 1 aromatic rings. The molecule has 0 fully saturated rings. The van der Waals surface area contributed by atoms with E-state index in [1.807, 2.05) is 26.8 Å². The molecule has 1 rings (SSSR count). The first-order chi connectivity index (χ1) is 8.99. The SMILES string of the molecule is CCCC(C(=O)Nc1ccc(C)nc1C)C(N)=NO. The highest BCUT2D eigenvalue weighted by atomic mass is 16.4. The zero-order valence-corrected chi connectivity index (χ0v) is 11.5. The Morgan fingerprint density at radius 3 is 2.74 bits per heavy atom. The van der Waals surface area contributed by atoms with Gasteiger partial charge in [0.15, 0.2) is 5.84 Å². The van der Waals surface area contributed by atoms with E-state index in [0.29, 0.717) is 12.1 Å². The number of nitrogens with one attached hydrogen (secondary N) is 1. The summed E-state index contributed by atoms with van der Waals surface area (Å²) >= 11 is 0. The van der Waals surface area contributed by atoms with E-state index < -0.39 is 5.92 Å². The van der Waals surface area contributed by atoms with Crippen LogP contribution < -0.4 is 11.1 Å². The third-order valence-electron chi connectivity index (χ3n) is 2.85. The Morgan fingerprint density at radius 1 is 1.53 bits per heavy atom. The van der Waals surface area contributed by atoms with Crippen molar-refractivity contribution in [3.05, 3.63) is 23.5 Å². The summed E-state index contributed by atoms with van der Waals surface area (Å²) in [4.78, 5) is 16.4. The lowest BCUT2D eigenvalue weighted by Gasteiger charge is -2.15. The molecule has 1 heterocycles. The highest BCUT2D eigenvalue weighted by Gasteiger charge is 2.22. The average molecular weight is 264 g/mol. The smallest absolute Gasteiger partial charge is 0.235 e. The monoisotopic (exact) mass is 264 g/mol. The van der Waals surface area contributed by atoms with Crippen LogP contribution in [0.5, 0.6) is 0 Å². The molecular weight excluding hydrogens is 244 g/mol. The molecule has 0 spiro atoms. The Labute approximate surface area is 112 Å². The molecule has 0 aliphatic carbocycles. The summed E-state index contributed by atoms with van der Waals surface area (Å²) < 4.78 is 0. The van der Waals surface area contributed by atoms with Gasteiger partial charge in [-0.1, -0.05) is 18.5 Å². The van der Waals surface area contributed by atoms with Crippen LogP contribution in [0.15, 0.2) is 17.3 Å². The second-order valence-electron chi connectivity index (χ2n) is 4.44. The zero-order chi connectivity index (χ0) is 14.4. The molecule has 6 nitrogen and oxygen atoms in total. The summed E-state index contributed by atoms with van der Waals surface area (Å²) in [7, 11) is 0. The molecule has 0 saturated carbocycles. The van der Waals surface area contributed by atoms with Crippen molar-refractivity contribution < 1.29 is 10.0 Å². The number of aromatic nitrogens is 1. The van der Waals surface area contributed by atoms with E-state index in [1.54, 1.807) is 6.07 Å². The minimum absolute atomic E-state index is 0.0722. The average Bonchev–Trinajstić information content (AvgIpc) is 2.38. The minimum Gasteiger partial charge on any atom is -0.409 e. The van der Waals surface area contributed by atoms with Crippen LogP contribution in [0.25, 0.3) is 0 Å². The number of nitrogens with zero attached hydrogens (tertiary/aromatic N) is 2. The van der Waals surface area contributed by atoms with Gasteiger partial charge in [-0.3, -0.25) is 9.78 Å². The van der Waals surface area contributed by atoms with Gasteiger partial charge in [-0.2, -0.15) is 0 Å². The van der Waals surface area contributed by atoms with Gasteiger partial charge >= 0.3 is 0 Å². The number of amidine groups is 1. The maximum absolute atomic E-state index is 12.1. The predicted molar refractivity (Wildman–Crippen MR) is 74.1 cm³/mol. The number of anilines is 1. The van der Waals surface area contributed by atoms with Crippen molar-refractivity contribution >= 4 is 17.4 Å². The fourth-order valence-electron chi connectivity index (χ4n) is 1.81. The second-order valence-corrected chi connectivity index (χ2v) is 4.44. The highest BCUT2D eigenvalue weighted by molar-refractivity contribution is 6.07. The Bertz CT molecular complexity index is 486.